The first-order valence-corrected chi connectivity index (χ1v) is 10.1. The molecule has 1 atom stereocenters. The highest BCUT2D eigenvalue weighted by Gasteiger charge is 2.51. The van der Waals surface area contributed by atoms with Gasteiger partial charge < -0.3 is 9.64 Å². The van der Waals surface area contributed by atoms with Crippen molar-refractivity contribution in [1.82, 2.24) is 9.88 Å². The van der Waals surface area contributed by atoms with Crippen LogP contribution < -0.4 is 0 Å². The number of amides is 1. The summed E-state index contributed by atoms with van der Waals surface area (Å²) in [6.07, 6.45) is 3.06. The van der Waals surface area contributed by atoms with Gasteiger partial charge in [0.2, 0.25) is 0 Å². The van der Waals surface area contributed by atoms with Crippen LogP contribution >= 0.6 is 11.8 Å². The van der Waals surface area contributed by atoms with Crippen molar-refractivity contribution in [2.24, 2.45) is 0 Å². The summed E-state index contributed by atoms with van der Waals surface area (Å²) in [5.74, 6) is 1.15. The number of thioether (sulfide) groups is 1. The van der Waals surface area contributed by atoms with Crippen molar-refractivity contribution in [1.29, 1.82) is 0 Å². The van der Waals surface area contributed by atoms with Crippen LogP contribution in [-0.4, -0.2) is 45.5 Å². The van der Waals surface area contributed by atoms with Gasteiger partial charge in [0.05, 0.1) is 23.2 Å². The summed E-state index contributed by atoms with van der Waals surface area (Å²) in [5, 5.41) is 0. The molecule has 0 radical (unpaired) electrons. The van der Waals surface area contributed by atoms with E-state index < -0.39 is 0 Å². The molecule has 136 valence electrons. The quantitative estimate of drug-likeness (QED) is 0.827. The molecule has 5 heteroatoms. The Hall–Kier alpha value is -1.85. The van der Waals surface area contributed by atoms with Crippen LogP contribution in [0, 0.1) is 13.8 Å². The van der Waals surface area contributed by atoms with Gasteiger partial charge in [-0.25, -0.2) is 0 Å². The lowest BCUT2D eigenvalue weighted by Gasteiger charge is -2.47. The predicted molar refractivity (Wildman–Crippen MR) is 104 cm³/mol. The Balaban J connectivity index is 1.30. The Morgan fingerprint density at radius 1 is 1.27 bits per heavy atom. The lowest BCUT2D eigenvalue weighted by molar-refractivity contribution is 0.0245. The fraction of sp³-hybridized carbons (Fsp3) is 0.429. The van der Waals surface area contributed by atoms with E-state index in [1.807, 2.05) is 53.1 Å². The lowest BCUT2D eigenvalue weighted by atomic mass is 9.92. The number of carbonyl (C=O) groups is 1. The molecular formula is C21H24N2O2S. The highest BCUT2D eigenvalue weighted by atomic mass is 32.2. The smallest absolute Gasteiger partial charge is 0.253 e. The molecule has 3 heterocycles. The van der Waals surface area contributed by atoms with E-state index in [0.717, 1.165) is 36.5 Å². The maximum atomic E-state index is 12.7. The third-order valence-electron chi connectivity index (χ3n) is 5.37. The number of benzene rings is 1. The maximum Gasteiger partial charge on any atom is 0.253 e. The fourth-order valence-corrected chi connectivity index (χ4v) is 5.22. The van der Waals surface area contributed by atoms with Crippen LogP contribution in [-0.2, 0) is 11.3 Å². The first-order valence-electron chi connectivity index (χ1n) is 9.07. The predicted octanol–water partition coefficient (Wildman–Crippen LogP) is 3.62. The van der Waals surface area contributed by atoms with Crippen molar-refractivity contribution >= 4 is 17.7 Å². The highest BCUT2D eigenvalue weighted by molar-refractivity contribution is 8.01. The minimum Gasteiger partial charge on any atom is -0.371 e. The molecule has 2 saturated heterocycles. The fourth-order valence-electron chi connectivity index (χ4n) is 3.67. The van der Waals surface area contributed by atoms with E-state index in [4.69, 9.17) is 4.74 Å². The van der Waals surface area contributed by atoms with Crippen molar-refractivity contribution in [3.05, 3.63) is 65.0 Å². The average molecular weight is 369 g/mol. The normalized spacial score (nSPS) is 21.0. The molecule has 2 aromatic rings. The van der Waals surface area contributed by atoms with Gasteiger partial charge in [-0.15, -0.1) is 11.8 Å². The number of rotatable bonds is 4. The van der Waals surface area contributed by atoms with Crippen LogP contribution in [0.4, 0.5) is 0 Å². The number of likely N-dealkylation sites (tertiary alicyclic amines) is 1. The summed E-state index contributed by atoms with van der Waals surface area (Å²) in [6.45, 7) is 6.34. The lowest BCUT2D eigenvalue weighted by Crippen LogP contribution is -2.60. The second-order valence-corrected chi connectivity index (χ2v) is 8.90. The van der Waals surface area contributed by atoms with Crippen LogP contribution in [0.15, 0.2) is 42.6 Å². The van der Waals surface area contributed by atoms with E-state index in [9.17, 15) is 4.79 Å². The Bertz CT molecular complexity index is 803. The SMILES string of the molecule is Cc1ccc(C(=O)N2CC3(C[C@@H](OCc4ccccn4)CS3)C2)cc1C. The third-order valence-corrected chi connectivity index (χ3v) is 6.94. The molecule has 26 heavy (non-hydrogen) atoms. The number of aromatic nitrogens is 1. The molecule has 1 aromatic heterocycles. The van der Waals surface area contributed by atoms with Gasteiger partial charge in [-0.2, -0.15) is 0 Å². The largest absolute Gasteiger partial charge is 0.371 e. The highest BCUT2D eigenvalue weighted by Crippen LogP contribution is 2.46. The average Bonchev–Trinajstić information content (AvgIpc) is 3.06. The number of hydrogen-bond acceptors (Lipinski definition) is 4. The molecule has 2 aliphatic rings. The van der Waals surface area contributed by atoms with E-state index in [-0.39, 0.29) is 16.8 Å². The number of pyridine rings is 1. The Labute approximate surface area is 159 Å². The Kier molecular flexibility index (Phi) is 4.76. The van der Waals surface area contributed by atoms with Crippen LogP contribution in [0.5, 0.6) is 0 Å². The van der Waals surface area contributed by atoms with Gasteiger partial charge in [-0.3, -0.25) is 9.78 Å². The van der Waals surface area contributed by atoms with E-state index in [0.29, 0.717) is 6.61 Å². The van der Waals surface area contributed by atoms with Gasteiger partial charge in [0.25, 0.3) is 5.91 Å². The Morgan fingerprint density at radius 3 is 2.85 bits per heavy atom. The second-order valence-electron chi connectivity index (χ2n) is 7.41. The minimum absolute atomic E-state index is 0.150. The second kappa shape index (κ2) is 7.05. The van der Waals surface area contributed by atoms with Gasteiger partial charge in [0.15, 0.2) is 0 Å². The van der Waals surface area contributed by atoms with Gasteiger partial charge in [-0.1, -0.05) is 12.1 Å². The summed E-state index contributed by atoms with van der Waals surface area (Å²) in [7, 11) is 0. The van der Waals surface area contributed by atoms with Gasteiger partial charge in [-0.05, 0) is 55.7 Å². The number of carbonyl (C=O) groups excluding carboxylic acids is 1. The first kappa shape index (κ1) is 17.6. The molecule has 4 nitrogen and oxygen atoms in total. The van der Waals surface area contributed by atoms with E-state index in [1.165, 1.54) is 11.1 Å². The van der Waals surface area contributed by atoms with E-state index in [1.54, 1.807) is 6.20 Å². The first-order chi connectivity index (χ1) is 12.5. The zero-order valence-corrected chi connectivity index (χ0v) is 16.1. The molecule has 1 spiro atoms. The molecule has 4 rings (SSSR count). The van der Waals surface area contributed by atoms with E-state index >= 15 is 0 Å². The zero-order valence-electron chi connectivity index (χ0n) is 15.3. The van der Waals surface area contributed by atoms with Gasteiger partial charge in [0, 0.05) is 30.6 Å². The van der Waals surface area contributed by atoms with Crippen molar-refractivity contribution in [3.63, 3.8) is 0 Å². The zero-order chi connectivity index (χ0) is 18.1. The number of hydrogen-bond donors (Lipinski definition) is 0. The molecule has 0 aliphatic carbocycles. The maximum absolute atomic E-state index is 12.7. The number of ether oxygens (including phenoxy) is 1. The number of nitrogens with zero attached hydrogens (tertiary/aromatic N) is 2. The van der Waals surface area contributed by atoms with Crippen molar-refractivity contribution < 1.29 is 9.53 Å². The van der Waals surface area contributed by atoms with Crippen LogP contribution in [0.1, 0.15) is 33.6 Å². The monoisotopic (exact) mass is 368 g/mol. The van der Waals surface area contributed by atoms with Gasteiger partial charge in [0.1, 0.15) is 0 Å². The van der Waals surface area contributed by atoms with Crippen molar-refractivity contribution in [2.45, 2.75) is 37.7 Å². The molecular weight excluding hydrogens is 344 g/mol. The topological polar surface area (TPSA) is 42.4 Å². The van der Waals surface area contributed by atoms with Crippen molar-refractivity contribution in [3.8, 4) is 0 Å². The summed E-state index contributed by atoms with van der Waals surface area (Å²) in [5.41, 5.74) is 4.16. The molecule has 2 fully saturated rings. The summed E-state index contributed by atoms with van der Waals surface area (Å²) >= 11 is 1.96. The van der Waals surface area contributed by atoms with Crippen LogP contribution in [0.3, 0.4) is 0 Å². The molecule has 0 unspecified atom stereocenters. The molecule has 1 amide bonds. The molecule has 2 aliphatic heterocycles. The third kappa shape index (κ3) is 3.51. The van der Waals surface area contributed by atoms with Crippen LogP contribution in [0.2, 0.25) is 0 Å². The molecule has 0 N–H and O–H groups in total. The van der Waals surface area contributed by atoms with Crippen molar-refractivity contribution in [2.75, 3.05) is 18.8 Å². The van der Waals surface area contributed by atoms with Gasteiger partial charge >= 0.3 is 0 Å². The van der Waals surface area contributed by atoms with Crippen LogP contribution in [0.25, 0.3) is 0 Å². The summed E-state index contributed by atoms with van der Waals surface area (Å²) in [4.78, 5) is 19.0. The molecule has 0 bridgehead atoms. The standard InChI is InChI=1S/C21H24N2O2S/c1-15-6-7-17(9-16(15)2)20(24)23-13-21(14-23)10-19(12-26-21)25-11-18-5-3-4-8-22-18/h3-9,19H,10-14H2,1-2H3/t19-/m1/s1. The summed E-state index contributed by atoms with van der Waals surface area (Å²) in [6, 6.07) is 11.9. The Morgan fingerprint density at radius 2 is 2.12 bits per heavy atom. The minimum atomic E-state index is 0.150. The molecule has 0 saturated carbocycles. The summed E-state index contributed by atoms with van der Waals surface area (Å²) < 4.78 is 6.23. The number of aryl methyl sites for hydroxylation is 2. The van der Waals surface area contributed by atoms with E-state index in [2.05, 4.69) is 18.8 Å². The molecule has 1 aromatic carbocycles.